The lowest BCUT2D eigenvalue weighted by molar-refractivity contribution is -0.138. The van der Waals surface area contributed by atoms with E-state index in [2.05, 4.69) is 15.8 Å². The molecule has 5 aromatic carbocycles. The van der Waals surface area contributed by atoms with Crippen molar-refractivity contribution in [3.8, 4) is 23.0 Å². The highest BCUT2D eigenvalue weighted by Crippen LogP contribution is 2.37. The highest BCUT2D eigenvalue weighted by atomic mass is 19.4. The quantitative estimate of drug-likeness (QED) is 0.0322. The van der Waals surface area contributed by atoms with Gasteiger partial charge in [0.2, 0.25) is 6.79 Å². The Labute approximate surface area is 392 Å². The number of benzene rings is 5. The van der Waals surface area contributed by atoms with Gasteiger partial charge in [0.05, 0.1) is 23.4 Å². The Morgan fingerprint density at radius 2 is 1.47 bits per heavy atom. The number of rotatable bonds is 19. The molecule has 0 aliphatic carbocycles. The summed E-state index contributed by atoms with van der Waals surface area (Å²) in [7, 11) is 3.47. The molecule has 3 atom stereocenters. The summed E-state index contributed by atoms with van der Waals surface area (Å²) in [5, 5.41) is 10.5. The molecule has 0 amide bonds. The van der Waals surface area contributed by atoms with Crippen molar-refractivity contribution >= 4 is 5.71 Å². The molecular weight excluding hydrogens is 898 g/mol. The number of hydrogen-bond donors (Lipinski definition) is 3. The zero-order chi connectivity index (χ0) is 48.8. The van der Waals surface area contributed by atoms with E-state index in [1.54, 1.807) is 7.11 Å². The van der Waals surface area contributed by atoms with Crippen LogP contribution >= 0.6 is 0 Å². The zero-order valence-corrected chi connectivity index (χ0v) is 38.1. The maximum absolute atomic E-state index is 13.2. The van der Waals surface area contributed by atoms with Crippen molar-refractivity contribution in [1.29, 1.82) is 0 Å². The van der Waals surface area contributed by atoms with Crippen molar-refractivity contribution in [2.75, 3.05) is 67.0 Å². The maximum Gasteiger partial charge on any atom is 0.416 e. The number of ether oxygens (including phenoxy) is 5. The average Bonchev–Trinajstić information content (AvgIpc) is 3.82. The Bertz CT molecular complexity index is 2230. The monoisotopic (exact) mass is 956 g/mol. The fourth-order valence-corrected chi connectivity index (χ4v) is 7.35. The van der Waals surface area contributed by atoms with Gasteiger partial charge in [-0.2, -0.15) is 26.3 Å². The van der Waals surface area contributed by atoms with Crippen LogP contribution in [0.5, 0.6) is 23.0 Å². The molecule has 0 radical (unpaired) electrons. The van der Waals surface area contributed by atoms with Crippen LogP contribution in [0.3, 0.4) is 0 Å². The molecule has 0 bridgehead atoms. The van der Waals surface area contributed by atoms with Gasteiger partial charge in [-0.3, -0.25) is 0 Å². The molecule has 1 unspecified atom stereocenters. The Balaban J connectivity index is 0.000000191. The van der Waals surface area contributed by atoms with Gasteiger partial charge in [0.15, 0.2) is 11.5 Å². The molecule has 2 aliphatic heterocycles. The van der Waals surface area contributed by atoms with Crippen LogP contribution in [-0.4, -0.2) is 72.7 Å². The van der Waals surface area contributed by atoms with Gasteiger partial charge in [-0.15, -0.1) is 0 Å². The fourth-order valence-electron chi connectivity index (χ4n) is 7.35. The molecule has 1 fully saturated rings. The molecule has 7 rings (SSSR count). The Morgan fingerprint density at radius 1 is 0.809 bits per heavy atom. The highest BCUT2D eigenvalue weighted by Gasteiger charge is 2.31. The van der Waals surface area contributed by atoms with Crippen molar-refractivity contribution in [2.45, 2.75) is 56.5 Å². The second-order valence-corrected chi connectivity index (χ2v) is 15.9. The first-order valence-electron chi connectivity index (χ1n) is 22.4. The van der Waals surface area contributed by atoms with E-state index in [0.29, 0.717) is 55.0 Å². The van der Waals surface area contributed by atoms with Crippen molar-refractivity contribution in [3.63, 3.8) is 0 Å². The standard InChI is InChI=1S/C19H20FNO3.C17H18F3NO.C15H21F3N2O2/c20-15-3-1-13(2-4-15)17-7-8-21-10-14(17)11-22-16-5-6-18-19(9-16)24-12-23-18;1-21-12-11-16(13-5-3-2-4-6-13)22-15-9-7-14(8-10-15)17(18,19)20;1-21-10-3-2-4-14(20-22-11-9-19)12-5-7-13(8-6-12)15(16,17)18/h1-6,9,14,17,21H,7-8,10-12H2;2-10,16,21H,11-12H2,1H3;5-8H,2-4,9-11,19H2,1H3/b;;20-14+/t14-,17-;;/m0../s1. The van der Waals surface area contributed by atoms with Crippen LogP contribution < -0.4 is 35.3 Å². The van der Waals surface area contributed by atoms with Crippen molar-refractivity contribution < 1.29 is 59.3 Å². The third kappa shape index (κ3) is 17.3. The summed E-state index contributed by atoms with van der Waals surface area (Å²) in [4.78, 5) is 5.06. The number of piperidine rings is 1. The second kappa shape index (κ2) is 27.2. The van der Waals surface area contributed by atoms with Crippen LogP contribution in [0, 0.1) is 11.7 Å². The van der Waals surface area contributed by atoms with Crippen LogP contribution in [-0.2, 0) is 21.9 Å². The third-order valence-corrected chi connectivity index (χ3v) is 10.9. The van der Waals surface area contributed by atoms with Gasteiger partial charge in [-0.1, -0.05) is 59.8 Å². The molecule has 17 heteroatoms. The number of methoxy groups -OCH3 is 1. The topological polar surface area (TPSA) is 118 Å². The number of nitrogens with zero attached hydrogens (tertiary/aromatic N) is 1. The fraction of sp³-hybridized carbons (Fsp3) is 0.392. The molecular formula is C51H59F7N4O6. The van der Waals surface area contributed by atoms with Crippen LogP contribution in [0.2, 0.25) is 0 Å². The summed E-state index contributed by atoms with van der Waals surface area (Å²) in [5.41, 5.74) is 7.37. The summed E-state index contributed by atoms with van der Waals surface area (Å²) >= 11 is 0. The van der Waals surface area contributed by atoms with E-state index in [0.717, 1.165) is 92.4 Å². The molecule has 0 spiro atoms. The number of hydrogen-bond acceptors (Lipinski definition) is 10. The number of fused-ring (bicyclic) bond motifs is 1. The number of oxime groups is 1. The van der Waals surface area contributed by atoms with Gasteiger partial charge in [-0.25, -0.2) is 4.39 Å². The van der Waals surface area contributed by atoms with Crippen LogP contribution in [0.1, 0.15) is 71.9 Å². The molecule has 0 saturated carbocycles. The van der Waals surface area contributed by atoms with E-state index in [-0.39, 0.29) is 25.3 Å². The smallest absolute Gasteiger partial charge is 0.416 e. The lowest BCUT2D eigenvalue weighted by Crippen LogP contribution is -2.38. The Kier molecular flexibility index (Phi) is 21.2. The molecule has 4 N–H and O–H groups in total. The normalized spacial score (nSPS) is 16.1. The van der Waals surface area contributed by atoms with Crippen LogP contribution in [0.15, 0.2) is 126 Å². The summed E-state index contributed by atoms with van der Waals surface area (Å²) in [6.45, 7) is 4.71. The molecule has 5 aromatic rings. The number of halogens is 7. The molecule has 1 saturated heterocycles. The van der Waals surface area contributed by atoms with Gasteiger partial charge in [0.25, 0.3) is 0 Å². The molecule has 68 heavy (non-hydrogen) atoms. The molecule has 2 heterocycles. The van der Waals surface area contributed by atoms with Crippen molar-refractivity contribution in [2.24, 2.45) is 16.8 Å². The summed E-state index contributed by atoms with van der Waals surface area (Å²) in [6, 6.07) is 31.8. The summed E-state index contributed by atoms with van der Waals surface area (Å²) < 4.78 is 116. The van der Waals surface area contributed by atoms with Crippen molar-refractivity contribution in [1.82, 2.24) is 10.6 Å². The van der Waals surface area contributed by atoms with E-state index >= 15 is 0 Å². The maximum atomic E-state index is 13.2. The third-order valence-electron chi connectivity index (χ3n) is 10.9. The first kappa shape index (κ1) is 53.1. The predicted octanol–water partition coefficient (Wildman–Crippen LogP) is 11.0. The number of nitrogens with one attached hydrogen (secondary N) is 2. The first-order chi connectivity index (χ1) is 32.8. The Hall–Kier alpha value is -5.88. The SMILES string of the molecule is CNCCC(Oc1ccc(C(F)(F)F)cc1)c1ccccc1.COCCCC/C(=N\OCCN)c1ccc(C(F)(F)F)cc1.Fc1ccc([C@@H]2CCNC[C@H]2COc2ccc3c(c2)OCO3)cc1. The van der Waals surface area contributed by atoms with Gasteiger partial charge < -0.3 is 44.9 Å². The largest absolute Gasteiger partial charge is 0.493 e. The van der Waals surface area contributed by atoms with E-state index < -0.39 is 23.5 Å². The van der Waals surface area contributed by atoms with Gasteiger partial charge in [0.1, 0.15) is 30.0 Å². The predicted molar refractivity (Wildman–Crippen MR) is 247 cm³/mol. The number of alkyl halides is 6. The van der Waals surface area contributed by atoms with Gasteiger partial charge >= 0.3 is 12.4 Å². The van der Waals surface area contributed by atoms with E-state index in [1.807, 2.05) is 67.7 Å². The molecule has 368 valence electrons. The number of unbranched alkanes of at least 4 members (excludes halogenated alkanes) is 1. The van der Waals surface area contributed by atoms with Crippen LogP contribution in [0.4, 0.5) is 30.7 Å². The minimum atomic E-state index is -4.34. The van der Waals surface area contributed by atoms with Gasteiger partial charge in [-0.05, 0) is 129 Å². The first-order valence-corrected chi connectivity index (χ1v) is 22.4. The minimum absolute atomic E-state index is 0.194. The lowest BCUT2D eigenvalue weighted by atomic mass is 9.81. The molecule has 10 nitrogen and oxygen atoms in total. The molecule has 0 aromatic heterocycles. The van der Waals surface area contributed by atoms with Crippen molar-refractivity contribution in [3.05, 3.63) is 155 Å². The second-order valence-electron chi connectivity index (χ2n) is 15.9. The lowest BCUT2D eigenvalue weighted by Gasteiger charge is -2.32. The highest BCUT2D eigenvalue weighted by molar-refractivity contribution is 6.00. The summed E-state index contributed by atoms with van der Waals surface area (Å²) in [6.07, 6.45) is -4.88. The minimum Gasteiger partial charge on any atom is -0.493 e. The summed E-state index contributed by atoms with van der Waals surface area (Å²) in [5.74, 6) is 3.22. The van der Waals surface area contributed by atoms with E-state index in [4.69, 9.17) is 34.3 Å². The van der Waals surface area contributed by atoms with E-state index in [1.165, 1.54) is 42.0 Å². The van der Waals surface area contributed by atoms with Gasteiger partial charge in [0, 0.05) is 45.2 Å². The molecule has 2 aliphatic rings. The Morgan fingerprint density at radius 3 is 2.12 bits per heavy atom. The van der Waals surface area contributed by atoms with Crippen LogP contribution in [0.25, 0.3) is 0 Å². The average molecular weight is 957 g/mol. The zero-order valence-electron chi connectivity index (χ0n) is 38.1. The number of nitrogens with two attached hydrogens (primary N) is 1. The van der Waals surface area contributed by atoms with E-state index in [9.17, 15) is 30.7 Å².